The van der Waals surface area contributed by atoms with E-state index in [1.165, 1.54) is 18.2 Å². The second kappa shape index (κ2) is 2.52. The van der Waals surface area contributed by atoms with Gasteiger partial charge in [0.2, 0.25) is 0 Å². The summed E-state index contributed by atoms with van der Waals surface area (Å²) >= 11 is 0. The molecular formula is C9H8FNO2. The molecule has 0 bridgehead atoms. The molecule has 0 atom stereocenters. The van der Waals surface area contributed by atoms with Gasteiger partial charge in [0.15, 0.2) is 0 Å². The van der Waals surface area contributed by atoms with E-state index in [1.807, 2.05) is 0 Å². The maximum Gasteiger partial charge on any atom is 0.250 e. The molecule has 68 valence electrons. The van der Waals surface area contributed by atoms with Gasteiger partial charge in [0.25, 0.3) is 5.54 Å². The molecule has 1 fully saturated rings. The molecule has 13 heavy (non-hydrogen) atoms. The molecule has 0 spiro atoms. The van der Waals surface area contributed by atoms with Gasteiger partial charge in [0.1, 0.15) is 5.82 Å². The van der Waals surface area contributed by atoms with Gasteiger partial charge in [-0.05, 0) is 12.1 Å². The first kappa shape index (κ1) is 8.16. The molecule has 1 aliphatic carbocycles. The number of rotatable bonds is 2. The Labute approximate surface area is 74.3 Å². The zero-order valence-corrected chi connectivity index (χ0v) is 6.87. The van der Waals surface area contributed by atoms with Crippen molar-refractivity contribution in [2.24, 2.45) is 0 Å². The summed E-state index contributed by atoms with van der Waals surface area (Å²) < 4.78 is 13.2. The van der Waals surface area contributed by atoms with Gasteiger partial charge in [0, 0.05) is 17.8 Å². The summed E-state index contributed by atoms with van der Waals surface area (Å²) in [5, 5.41) is 10.7. The van der Waals surface area contributed by atoms with E-state index in [2.05, 4.69) is 0 Å². The van der Waals surface area contributed by atoms with Crippen molar-refractivity contribution in [3.05, 3.63) is 45.8 Å². The predicted molar refractivity (Wildman–Crippen MR) is 44.3 cm³/mol. The van der Waals surface area contributed by atoms with Crippen LogP contribution in [0.5, 0.6) is 0 Å². The highest BCUT2D eigenvalue weighted by Crippen LogP contribution is 2.49. The molecule has 0 amide bonds. The lowest BCUT2D eigenvalue weighted by atomic mass is 10.1. The summed E-state index contributed by atoms with van der Waals surface area (Å²) in [5.41, 5.74) is -0.897. The van der Waals surface area contributed by atoms with Crippen molar-refractivity contribution >= 4 is 0 Å². The van der Waals surface area contributed by atoms with Gasteiger partial charge in [-0.25, -0.2) is 4.39 Å². The fourth-order valence-corrected chi connectivity index (χ4v) is 1.51. The molecule has 1 aromatic rings. The highest BCUT2D eigenvalue weighted by molar-refractivity contribution is 5.28. The Kier molecular flexibility index (Phi) is 1.58. The van der Waals surface area contributed by atoms with Crippen molar-refractivity contribution in [2.75, 3.05) is 0 Å². The van der Waals surface area contributed by atoms with Gasteiger partial charge in [-0.3, -0.25) is 10.1 Å². The molecule has 1 aliphatic rings. The lowest BCUT2D eigenvalue weighted by Gasteiger charge is -2.07. The Morgan fingerprint density at radius 1 is 1.38 bits per heavy atom. The Morgan fingerprint density at radius 2 is 2.00 bits per heavy atom. The van der Waals surface area contributed by atoms with Crippen LogP contribution in [0.15, 0.2) is 24.3 Å². The zero-order chi connectivity index (χ0) is 9.47. The highest BCUT2D eigenvalue weighted by Gasteiger charge is 2.58. The van der Waals surface area contributed by atoms with Crippen molar-refractivity contribution in [1.29, 1.82) is 0 Å². The molecule has 2 rings (SSSR count). The lowest BCUT2D eigenvalue weighted by Crippen LogP contribution is -2.19. The van der Waals surface area contributed by atoms with Gasteiger partial charge in [-0.15, -0.1) is 0 Å². The van der Waals surface area contributed by atoms with E-state index >= 15 is 0 Å². The van der Waals surface area contributed by atoms with Gasteiger partial charge < -0.3 is 0 Å². The quantitative estimate of drug-likeness (QED) is 0.518. The van der Waals surface area contributed by atoms with Crippen molar-refractivity contribution in [3.8, 4) is 0 Å². The minimum atomic E-state index is -1.12. The minimum Gasteiger partial charge on any atom is -0.264 e. The molecule has 0 saturated heterocycles. The summed E-state index contributed by atoms with van der Waals surface area (Å²) in [4.78, 5) is 10.3. The van der Waals surface area contributed by atoms with E-state index in [4.69, 9.17) is 0 Å². The summed E-state index contributed by atoms with van der Waals surface area (Å²) in [6, 6.07) is 5.92. The average Bonchev–Trinajstić information content (AvgIpc) is 2.85. The first-order chi connectivity index (χ1) is 6.17. The van der Waals surface area contributed by atoms with Crippen LogP contribution in [0.4, 0.5) is 4.39 Å². The van der Waals surface area contributed by atoms with Crippen LogP contribution in [0.1, 0.15) is 18.4 Å². The second-order valence-corrected chi connectivity index (χ2v) is 3.27. The van der Waals surface area contributed by atoms with Crippen LogP contribution >= 0.6 is 0 Å². The fraction of sp³-hybridized carbons (Fsp3) is 0.333. The number of benzene rings is 1. The van der Waals surface area contributed by atoms with Crippen molar-refractivity contribution in [1.82, 2.24) is 0 Å². The predicted octanol–water partition coefficient (Wildman–Crippen LogP) is 2.09. The molecule has 0 N–H and O–H groups in total. The van der Waals surface area contributed by atoms with E-state index in [0.717, 1.165) is 0 Å². The Hall–Kier alpha value is -1.45. The second-order valence-electron chi connectivity index (χ2n) is 3.27. The summed E-state index contributed by atoms with van der Waals surface area (Å²) in [6.07, 6.45) is 0.891. The number of hydrogen-bond donors (Lipinski definition) is 0. The molecule has 1 saturated carbocycles. The van der Waals surface area contributed by atoms with Crippen LogP contribution in [0.25, 0.3) is 0 Å². The summed E-state index contributed by atoms with van der Waals surface area (Å²) in [5.74, 6) is -0.475. The first-order valence-electron chi connectivity index (χ1n) is 4.06. The van der Waals surface area contributed by atoms with Crippen LogP contribution in [-0.2, 0) is 5.54 Å². The SMILES string of the molecule is O=[N+]([O-])C1(c2ccccc2F)CC1. The van der Waals surface area contributed by atoms with E-state index in [1.54, 1.807) is 6.07 Å². The molecule has 0 aromatic heterocycles. The number of halogens is 1. The third-order valence-electron chi connectivity index (χ3n) is 2.45. The average molecular weight is 181 g/mol. The molecule has 4 heteroatoms. The van der Waals surface area contributed by atoms with E-state index < -0.39 is 11.4 Å². The van der Waals surface area contributed by atoms with Crippen LogP contribution < -0.4 is 0 Å². The molecule has 3 nitrogen and oxygen atoms in total. The number of nitrogens with zero attached hydrogens (tertiary/aromatic N) is 1. The zero-order valence-electron chi connectivity index (χ0n) is 6.87. The first-order valence-corrected chi connectivity index (χ1v) is 4.06. The normalized spacial score (nSPS) is 18.2. The Bertz CT molecular complexity index is 360. The smallest absolute Gasteiger partial charge is 0.250 e. The number of hydrogen-bond acceptors (Lipinski definition) is 2. The third kappa shape index (κ3) is 1.09. The van der Waals surface area contributed by atoms with Crippen molar-refractivity contribution < 1.29 is 9.31 Å². The maximum absolute atomic E-state index is 13.2. The minimum absolute atomic E-state index is 0.222. The van der Waals surface area contributed by atoms with E-state index in [-0.39, 0.29) is 10.5 Å². The van der Waals surface area contributed by atoms with Gasteiger partial charge in [-0.1, -0.05) is 12.1 Å². The molecule has 0 heterocycles. The van der Waals surface area contributed by atoms with Crippen LogP contribution in [0.2, 0.25) is 0 Å². The van der Waals surface area contributed by atoms with E-state index in [9.17, 15) is 14.5 Å². The van der Waals surface area contributed by atoms with Gasteiger partial charge in [0.05, 0.1) is 5.56 Å². The van der Waals surface area contributed by atoms with Crippen molar-refractivity contribution in [2.45, 2.75) is 18.4 Å². The maximum atomic E-state index is 13.2. The molecule has 0 unspecified atom stereocenters. The molecule has 1 aromatic carbocycles. The lowest BCUT2D eigenvalue weighted by molar-refractivity contribution is -0.547. The van der Waals surface area contributed by atoms with Crippen LogP contribution in [-0.4, -0.2) is 4.92 Å². The molecular weight excluding hydrogens is 173 g/mol. The topological polar surface area (TPSA) is 43.1 Å². The Balaban J connectivity index is 2.47. The molecule has 0 aliphatic heterocycles. The summed E-state index contributed by atoms with van der Waals surface area (Å²) in [6.45, 7) is 0. The van der Waals surface area contributed by atoms with Gasteiger partial charge in [-0.2, -0.15) is 0 Å². The number of nitro groups is 1. The third-order valence-corrected chi connectivity index (χ3v) is 2.45. The van der Waals surface area contributed by atoms with Gasteiger partial charge >= 0.3 is 0 Å². The van der Waals surface area contributed by atoms with E-state index in [0.29, 0.717) is 12.8 Å². The van der Waals surface area contributed by atoms with Crippen LogP contribution in [0.3, 0.4) is 0 Å². The summed E-state index contributed by atoms with van der Waals surface area (Å²) in [7, 11) is 0. The highest BCUT2D eigenvalue weighted by atomic mass is 19.1. The standard InChI is InChI=1S/C9H8FNO2/c10-8-4-2-1-3-7(8)9(5-6-9)11(12)13/h1-4H,5-6H2. The molecule has 0 radical (unpaired) electrons. The monoisotopic (exact) mass is 181 g/mol. The van der Waals surface area contributed by atoms with Crippen LogP contribution in [0, 0.1) is 15.9 Å². The largest absolute Gasteiger partial charge is 0.264 e. The van der Waals surface area contributed by atoms with Crippen molar-refractivity contribution in [3.63, 3.8) is 0 Å². The fourth-order valence-electron chi connectivity index (χ4n) is 1.51. The Morgan fingerprint density at radius 3 is 2.46 bits per heavy atom.